The Labute approximate surface area is 108 Å². The highest BCUT2D eigenvalue weighted by Crippen LogP contribution is 2.14. The Morgan fingerprint density at radius 1 is 1.59 bits per heavy atom. The van der Waals surface area contributed by atoms with Crippen molar-refractivity contribution in [1.82, 2.24) is 15.3 Å². The number of H-pyrrole nitrogens is 1. The normalized spacial score (nSPS) is 12.4. The maximum absolute atomic E-state index is 6.06. The number of hydrogen-bond acceptors (Lipinski definition) is 2. The second-order valence-corrected chi connectivity index (χ2v) is 4.60. The van der Waals surface area contributed by atoms with Gasteiger partial charge in [0.1, 0.15) is 5.82 Å². The van der Waals surface area contributed by atoms with Crippen LogP contribution in [0.5, 0.6) is 0 Å². The van der Waals surface area contributed by atoms with Crippen LogP contribution in [0.4, 0.5) is 0 Å². The fourth-order valence-corrected chi connectivity index (χ4v) is 1.76. The van der Waals surface area contributed by atoms with Gasteiger partial charge in [0.25, 0.3) is 0 Å². The number of aromatic nitrogens is 2. The van der Waals surface area contributed by atoms with E-state index >= 15 is 0 Å². The molecular formula is C13H20ClN3. The van der Waals surface area contributed by atoms with E-state index < -0.39 is 0 Å². The molecule has 1 aromatic rings. The molecule has 0 aliphatic rings. The maximum atomic E-state index is 6.06. The number of aromatic amines is 1. The SMILES string of the molecule is C#CCC(C)NCc1[nH]c(CCCC)nc1Cl. The van der Waals surface area contributed by atoms with E-state index in [1.165, 1.54) is 0 Å². The molecular weight excluding hydrogens is 234 g/mol. The van der Waals surface area contributed by atoms with Crippen molar-refractivity contribution in [2.75, 3.05) is 0 Å². The van der Waals surface area contributed by atoms with Crippen molar-refractivity contribution in [3.05, 3.63) is 16.7 Å². The molecule has 1 heterocycles. The van der Waals surface area contributed by atoms with Crippen LogP contribution in [0.15, 0.2) is 0 Å². The van der Waals surface area contributed by atoms with Crippen LogP contribution in [0.2, 0.25) is 5.15 Å². The zero-order valence-electron chi connectivity index (χ0n) is 10.5. The van der Waals surface area contributed by atoms with E-state index in [-0.39, 0.29) is 0 Å². The van der Waals surface area contributed by atoms with Crippen LogP contribution in [0.3, 0.4) is 0 Å². The lowest BCUT2D eigenvalue weighted by atomic mass is 10.2. The largest absolute Gasteiger partial charge is 0.344 e. The molecule has 0 amide bonds. The van der Waals surface area contributed by atoms with Crippen molar-refractivity contribution < 1.29 is 0 Å². The van der Waals surface area contributed by atoms with E-state index in [0.717, 1.165) is 30.8 Å². The Morgan fingerprint density at radius 2 is 2.35 bits per heavy atom. The lowest BCUT2D eigenvalue weighted by molar-refractivity contribution is 0.554. The summed E-state index contributed by atoms with van der Waals surface area (Å²) in [5.74, 6) is 3.60. The Hall–Kier alpha value is -0.980. The number of halogens is 1. The van der Waals surface area contributed by atoms with Crippen LogP contribution >= 0.6 is 11.6 Å². The Bertz CT molecular complexity index is 379. The van der Waals surface area contributed by atoms with E-state index in [9.17, 15) is 0 Å². The third-order valence-electron chi connectivity index (χ3n) is 2.60. The molecule has 0 aromatic carbocycles. The molecule has 94 valence electrons. The lowest BCUT2D eigenvalue weighted by Crippen LogP contribution is -2.25. The topological polar surface area (TPSA) is 40.7 Å². The molecule has 1 atom stereocenters. The zero-order valence-corrected chi connectivity index (χ0v) is 11.3. The van der Waals surface area contributed by atoms with E-state index in [0.29, 0.717) is 24.2 Å². The fraction of sp³-hybridized carbons (Fsp3) is 0.615. The number of nitrogens with one attached hydrogen (secondary N) is 2. The summed E-state index contributed by atoms with van der Waals surface area (Å²) in [6, 6.07) is 0.290. The predicted octanol–water partition coefficient (Wildman–Crippen LogP) is 2.91. The Morgan fingerprint density at radius 3 is 3.00 bits per heavy atom. The summed E-state index contributed by atoms with van der Waals surface area (Å²) in [7, 11) is 0. The molecule has 0 saturated heterocycles. The quantitative estimate of drug-likeness (QED) is 0.734. The van der Waals surface area contributed by atoms with Gasteiger partial charge in [-0.3, -0.25) is 0 Å². The number of terminal acetylenes is 1. The summed E-state index contributed by atoms with van der Waals surface area (Å²) in [4.78, 5) is 7.56. The number of imidazole rings is 1. The van der Waals surface area contributed by atoms with Gasteiger partial charge in [-0.15, -0.1) is 12.3 Å². The van der Waals surface area contributed by atoms with Gasteiger partial charge in [0.2, 0.25) is 0 Å². The minimum atomic E-state index is 0.290. The number of aryl methyl sites for hydroxylation is 1. The monoisotopic (exact) mass is 253 g/mol. The molecule has 1 aromatic heterocycles. The lowest BCUT2D eigenvalue weighted by Gasteiger charge is -2.09. The van der Waals surface area contributed by atoms with Gasteiger partial charge in [-0.25, -0.2) is 4.98 Å². The van der Waals surface area contributed by atoms with E-state index in [1.807, 2.05) is 0 Å². The first-order chi connectivity index (χ1) is 8.17. The highest BCUT2D eigenvalue weighted by Gasteiger charge is 2.08. The second-order valence-electron chi connectivity index (χ2n) is 4.25. The molecule has 4 heteroatoms. The van der Waals surface area contributed by atoms with E-state index in [2.05, 4.69) is 35.1 Å². The second kappa shape index (κ2) is 7.37. The van der Waals surface area contributed by atoms with Crippen LogP contribution < -0.4 is 5.32 Å². The minimum absolute atomic E-state index is 0.290. The van der Waals surface area contributed by atoms with Crippen LogP contribution in [0.25, 0.3) is 0 Å². The third-order valence-corrected chi connectivity index (χ3v) is 2.91. The van der Waals surface area contributed by atoms with Crippen LogP contribution in [0, 0.1) is 12.3 Å². The molecule has 0 fully saturated rings. The van der Waals surface area contributed by atoms with Gasteiger partial charge in [-0.1, -0.05) is 24.9 Å². The summed E-state index contributed by atoms with van der Waals surface area (Å²) >= 11 is 6.06. The Balaban J connectivity index is 2.48. The maximum Gasteiger partial charge on any atom is 0.151 e. The molecule has 0 radical (unpaired) electrons. The van der Waals surface area contributed by atoms with E-state index in [4.69, 9.17) is 18.0 Å². The van der Waals surface area contributed by atoms with Gasteiger partial charge in [0.15, 0.2) is 5.15 Å². The van der Waals surface area contributed by atoms with Crippen molar-refractivity contribution in [3.63, 3.8) is 0 Å². The molecule has 0 aliphatic carbocycles. The van der Waals surface area contributed by atoms with Gasteiger partial charge < -0.3 is 10.3 Å². The molecule has 2 N–H and O–H groups in total. The number of nitrogens with zero attached hydrogens (tertiary/aromatic N) is 1. The van der Waals surface area contributed by atoms with Crippen molar-refractivity contribution in [2.24, 2.45) is 0 Å². The molecule has 1 rings (SSSR count). The molecule has 1 unspecified atom stereocenters. The molecule has 0 spiro atoms. The van der Waals surface area contributed by atoms with Crippen molar-refractivity contribution >= 4 is 11.6 Å². The average Bonchev–Trinajstić information content (AvgIpc) is 2.65. The summed E-state index contributed by atoms with van der Waals surface area (Å²) in [5.41, 5.74) is 0.946. The highest BCUT2D eigenvalue weighted by molar-refractivity contribution is 6.30. The van der Waals surface area contributed by atoms with Crippen LogP contribution in [-0.2, 0) is 13.0 Å². The summed E-state index contributed by atoms with van der Waals surface area (Å²) in [6.07, 6.45) is 9.21. The summed E-state index contributed by atoms with van der Waals surface area (Å²) < 4.78 is 0. The van der Waals surface area contributed by atoms with Gasteiger partial charge >= 0.3 is 0 Å². The average molecular weight is 254 g/mol. The van der Waals surface area contributed by atoms with Crippen LogP contribution in [-0.4, -0.2) is 16.0 Å². The van der Waals surface area contributed by atoms with Crippen molar-refractivity contribution in [2.45, 2.75) is 52.1 Å². The molecule has 3 nitrogen and oxygen atoms in total. The van der Waals surface area contributed by atoms with Crippen LogP contribution in [0.1, 0.15) is 44.6 Å². The first-order valence-electron chi connectivity index (χ1n) is 6.07. The Kier molecular flexibility index (Phi) is 6.10. The van der Waals surface area contributed by atoms with Crippen molar-refractivity contribution in [3.8, 4) is 12.3 Å². The molecule has 17 heavy (non-hydrogen) atoms. The summed E-state index contributed by atoms with van der Waals surface area (Å²) in [5, 5.41) is 3.88. The standard InChI is InChI=1S/C13H20ClN3/c1-4-6-8-12-16-11(13(14)17-12)9-15-10(3)7-5-2/h2,10,15H,4,6-9H2,1,3H3,(H,16,17). The van der Waals surface area contributed by atoms with Gasteiger partial charge in [0, 0.05) is 25.4 Å². The van der Waals surface area contributed by atoms with E-state index in [1.54, 1.807) is 0 Å². The van der Waals surface area contributed by atoms with Gasteiger partial charge in [-0.2, -0.15) is 0 Å². The third kappa shape index (κ3) is 4.80. The highest BCUT2D eigenvalue weighted by atomic mass is 35.5. The number of rotatable bonds is 7. The summed E-state index contributed by atoms with van der Waals surface area (Å²) in [6.45, 7) is 4.90. The fourth-order valence-electron chi connectivity index (χ4n) is 1.54. The smallest absolute Gasteiger partial charge is 0.151 e. The first-order valence-corrected chi connectivity index (χ1v) is 6.45. The van der Waals surface area contributed by atoms with Crippen molar-refractivity contribution in [1.29, 1.82) is 0 Å². The predicted molar refractivity (Wildman–Crippen MR) is 72.0 cm³/mol. The zero-order chi connectivity index (χ0) is 12.7. The van der Waals surface area contributed by atoms with Gasteiger partial charge in [-0.05, 0) is 13.3 Å². The molecule has 0 saturated carbocycles. The minimum Gasteiger partial charge on any atom is -0.344 e. The van der Waals surface area contributed by atoms with Gasteiger partial charge in [0.05, 0.1) is 5.69 Å². The molecule has 0 bridgehead atoms. The number of hydrogen-bond donors (Lipinski definition) is 2. The first kappa shape index (κ1) is 14.1. The molecule has 0 aliphatic heterocycles. The number of unbranched alkanes of at least 4 members (excludes halogenated alkanes) is 1.